The summed E-state index contributed by atoms with van der Waals surface area (Å²) in [5, 5.41) is 0. The van der Waals surface area contributed by atoms with Crippen LogP contribution in [0.1, 0.15) is 86.1 Å². The standard InChI is InChI=1S/C56H40O2S3/c1-33-5-15-39(16-6-33)55(40-17-7-34(2)8-18-40)47-29-37(49-27-23-43(31-57)59-49)13-25-45(47)53-51(55)52-54(61-53)46-26-14-38(50-28-24-44(32-58)60-50)30-48(46)56(52,41-19-9-35(3)10-20-41)42-21-11-36(4)12-22-42/h5-32H,1-4H3. The molecule has 5 heteroatoms. The molecule has 61 heavy (non-hydrogen) atoms. The first kappa shape index (κ1) is 37.7. The van der Waals surface area contributed by atoms with Gasteiger partial charge in [-0.1, -0.05) is 144 Å². The molecule has 0 saturated carbocycles. The smallest absolute Gasteiger partial charge is 0.160 e. The van der Waals surface area contributed by atoms with E-state index < -0.39 is 10.8 Å². The summed E-state index contributed by atoms with van der Waals surface area (Å²) >= 11 is 5.00. The van der Waals surface area contributed by atoms with E-state index in [0.717, 1.165) is 43.2 Å². The van der Waals surface area contributed by atoms with Gasteiger partial charge in [-0.2, -0.15) is 0 Å². The fraction of sp³-hybridized carbons (Fsp3) is 0.107. The van der Waals surface area contributed by atoms with E-state index in [2.05, 4.69) is 173 Å². The maximum atomic E-state index is 11.9. The topological polar surface area (TPSA) is 34.1 Å². The van der Waals surface area contributed by atoms with Crippen molar-refractivity contribution in [3.8, 4) is 41.8 Å². The Morgan fingerprint density at radius 3 is 1.00 bits per heavy atom. The van der Waals surface area contributed by atoms with Gasteiger partial charge < -0.3 is 0 Å². The third-order valence-electron chi connectivity index (χ3n) is 13.0. The summed E-state index contributed by atoms with van der Waals surface area (Å²) in [6.45, 7) is 8.66. The highest BCUT2D eigenvalue weighted by Crippen LogP contribution is 2.69. The quantitative estimate of drug-likeness (QED) is 0.143. The molecule has 0 unspecified atom stereocenters. The molecule has 0 aliphatic heterocycles. The Morgan fingerprint density at radius 1 is 0.377 bits per heavy atom. The minimum Gasteiger partial charge on any atom is -0.297 e. The third kappa shape index (κ3) is 5.50. The number of hydrogen-bond acceptors (Lipinski definition) is 5. The Morgan fingerprint density at radius 2 is 0.705 bits per heavy atom. The fourth-order valence-corrected chi connectivity index (χ4v) is 13.2. The van der Waals surface area contributed by atoms with Gasteiger partial charge in [0.25, 0.3) is 0 Å². The summed E-state index contributed by atoms with van der Waals surface area (Å²) in [6, 6.07) is 58.9. The Hall–Kier alpha value is -6.24. The van der Waals surface area contributed by atoms with E-state index in [1.165, 1.54) is 110 Å². The van der Waals surface area contributed by atoms with Crippen LogP contribution in [0.2, 0.25) is 0 Å². The summed E-state index contributed by atoms with van der Waals surface area (Å²) in [7, 11) is 0. The molecule has 3 aromatic heterocycles. The second kappa shape index (κ2) is 14.2. The fourth-order valence-electron chi connectivity index (χ4n) is 10.1. The predicted molar refractivity (Wildman–Crippen MR) is 255 cm³/mol. The summed E-state index contributed by atoms with van der Waals surface area (Å²) in [4.78, 5) is 30.0. The van der Waals surface area contributed by atoms with Crippen LogP contribution in [-0.4, -0.2) is 12.6 Å². The number of hydrogen-bond donors (Lipinski definition) is 0. The van der Waals surface area contributed by atoms with Crippen molar-refractivity contribution in [3.63, 3.8) is 0 Å². The molecule has 0 radical (unpaired) electrons. The number of rotatable bonds is 8. The van der Waals surface area contributed by atoms with E-state index in [4.69, 9.17) is 0 Å². The molecule has 3 heterocycles. The van der Waals surface area contributed by atoms with Crippen molar-refractivity contribution >= 4 is 46.6 Å². The molecular formula is C56H40O2S3. The van der Waals surface area contributed by atoms with Gasteiger partial charge in [0.1, 0.15) is 0 Å². The lowest BCUT2D eigenvalue weighted by Gasteiger charge is -2.40. The maximum absolute atomic E-state index is 11.9. The SMILES string of the molecule is Cc1ccc(C2(c3ccc(C)cc3)c3cc(-c4ccc(C=O)s4)ccc3-c3sc4c(c32)C(c2ccc(C)cc2)(c2ccc(C)cc2)c2cc(-c3ccc(C=O)s3)ccc2-4)cc1. The molecule has 0 bridgehead atoms. The molecule has 9 aromatic rings. The van der Waals surface area contributed by atoms with Gasteiger partial charge in [0.15, 0.2) is 12.6 Å². The predicted octanol–water partition coefficient (Wildman–Crippen LogP) is 14.8. The van der Waals surface area contributed by atoms with Gasteiger partial charge in [-0.25, -0.2) is 0 Å². The lowest BCUT2D eigenvalue weighted by molar-refractivity contribution is 0.111. The van der Waals surface area contributed by atoms with Crippen molar-refractivity contribution in [2.24, 2.45) is 0 Å². The number of benzene rings is 6. The summed E-state index contributed by atoms with van der Waals surface area (Å²) in [5.74, 6) is 0. The van der Waals surface area contributed by atoms with Crippen LogP contribution < -0.4 is 0 Å². The molecule has 2 nitrogen and oxygen atoms in total. The van der Waals surface area contributed by atoms with Gasteiger partial charge in [-0.3, -0.25) is 9.59 Å². The molecule has 0 saturated heterocycles. The van der Waals surface area contributed by atoms with Crippen LogP contribution in [-0.2, 0) is 10.8 Å². The van der Waals surface area contributed by atoms with Crippen LogP contribution in [0.4, 0.5) is 0 Å². The van der Waals surface area contributed by atoms with Gasteiger partial charge in [-0.05, 0) is 131 Å². The second-order valence-corrected chi connectivity index (χ2v) is 19.9. The lowest BCUT2D eigenvalue weighted by Crippen LogP contribution is -2.35. The zero-order chi connectivity index (χ0) is 41.6. The van der Waals surface area contributed by atoms with Gasteiger partial charge >= 0.3 is 0 Å². The minimum absolute atomic E-state index is 0.699. The molecular weight excluding hydrogens is 801 g/mol. The Kier molecular flexibility index (Phi) is 8.77. The van der Waals surface area contributed by atoms with Crippen molar-refractivity contribution in [3.05, 3.63) is 234 Å². The molecule has 11 rings (SSSR count). The van der Waals surface area contributed by atoms with Crippen molar-refractivity contribution in [2.45, 2.75) is 38.5 Å². The lowest BCUT2D eigenvalue weighted by atomic mass is 9.61. The maximum Gasteiger partial charge on any atom is 0.160 e. The van der Waals surface area contributed by atoms with Gasteiger partial charge in [0.2, 0.25) is 0 Å². The highest BCUT2D eigenvalue weighted by Gasteiger charge is 2.57. The van der Waals surface area contributed by atoms with E-state index in [-0.39, 0.29) is 0 Å². The molecule has 0 spiro atoms. The first-order valence-electron chi connectivity index (χ1n) is 20.6. The Balaban J connectivity index is 1.32. The Bertz CT molecular complexity index is 2890. The first-order chi connectivity index (χ1) is 29.7. The average Bonchev–Trinajstić information content (AvgIpc) is 4.12. The number of carbonyl (C=O) groups excluding carboxylic acids is 2. The first-order valence-corrected chi connectivity index (χ1v) is 23.1. The average molecular weight is 841 g/mol. The normalized spacial score (nSPS) is 14.0. The highest BCUT2D eigenvalue weighted by atomic mass is 32.1. The number of thiophene rings is 3. The Labute approximate surface area is 368 Å². The molecule has 6 aromatic carbocycles. The van der Waals surface area contributed by atoms with E-state index in [1.807, 2.05) is 23.5 Å². The summed E-state index contributed by atoms with van der Waals surface area (Å²) < 4.78 is 0. The van der Waals surface area contributed by atoms with Crippen LogP contribution >= 0.6 is 34.0 Å². The molecule has 0 N–H and O–H groups in total. The third-order valence-corrected chi connectivity index (χ3v) is 16.4. The van der Waals surface area contributed by atoms with E-state index >= 15 is 0 Å². The largest absolute Gasteiger partial charge is 0.297 e. The van der Waals surface area contributed by atoms with Crippen molar-refractivity contribution < 1.29 is 9.59 Å². The number of aldehydes is 2. The van der Waals surface area contributed by atoms with Crippen molar-refractivity contribution in [1.29, 1.82) is 0 Å². The van der Waals surface area contributed by atoms with Crippen molar-refractivity contribution in [1.82, 2.24) is 0 Å². The zero-order valence-corrected chi connectivity index (χ0v) is 36.7. The van der Waals surface area contributed by atoms with Gasteiger partial charge in [0.05, 0.1) is 20.6 Å². The number of carbonyl (C=O) groups is 2. The molecule has 0 fully saturated rings. The minimum atomic E-state index is -0.699. The van der Waals surface area contributed by atoms with Gasteiger partial charge in [0, 0.05) is 19.5 Å². The highest BCUT2D eigenvalue weighted by molar-refractivity contribution is 7.19. The molecule has 2 aliphatic carbocycles. The van der Waals surface area contributed by atoms with E-state index in [1.54, 1.807) is 0 Å². The van der Waals surface area contributed by atoms with Crippen LogP contribution in [0, 0.1) is 27.7 Å². The van der Waals surface area contributed by atoms with E-state index in [0.29, 0.717) is 0 Å². The monoisotopic (exact) mass is 840 g/mol. The molecule has 0 atom stereocenters. The molecule has 294 valence electrons. The van der Waals surface area contributed by atoms with Crippen LogP contribution in [0.15, 0.2) is 158 Å². The second-order valence-electron chi connectivity index (χ2n) is 16.6. The van der Waals surface area contributed by atoms with Crippen molar-refractivity contribution in [2.75, 3.05) is 0 Å². The van der Waals surface area contributed by atoms with Crippen LogP contribution in [0.3, 0.4) is 0 Å². The molecule has 0 amide bonds. The van der Waals surface area contributed by atoms with Crippen LogP contribution in [0.25, 0.3) is 41.8 Å². The number of fused-ring (bicyclic) bond motifs is 7. The summed E-state index contributed by atoms with van der Waals surface area (Å²) in [5.41, 5.74) is 18.2. The summed E-state index contributed by atoms with van der Waals surface area (Å²) in [6.07, 6.45) is 1.90. The zero-order valence-electron chi connectivity index (χ0n) is 34.2. The van der Waals surface area contributed by atoms with Crippen LogP contribution in [0.5, 0.6) is 0 Å². The number of aryl methyl sites for hydroxylation is 4. The van der Waals surface area contributed by atoms with Gasteiger partial charge in [-0.15, -0.1) is 34.0 Å². The molecule has 2 aliphatic rings. The van der Waals surface area contributed by atoms with E-state index in [9.17, 15) is 9.59 Å².